The highest BCUT2D eigenvalue weighted by Crippen LogP contribution is 2.17. The van der Waals surface area contributed by atoms with Gasteiger partial charge in [-0.05, 0) is 43.4 Å². The third kappa shape index (κ3) is 4.07. The molecule has 132 valence electrons. The van der Waals surface area contributed by atoms with Crippen LogP contribution in [0.15, 0.2) is 30.3 Å². The lowest BCUT2D eigenvalue weighted by molar-refractivity contribution is 0.0724. The monoisotopic (exact) mass is 340 g/mol. The number of hydrogen-bond donors (Lipinski definition) is 2. The molecular weight excluding hydrogens is 316 g/mol. The molecule has 2 N–H and O–H groups in total. The van der Waals surface area contributed by atoms with Gasteiger partial charge in [-0.15, -0.1) is 0 Å². The van der Waals surface area contributed by atoms with Crippen molar-refractivity contribution in [1.29, 1.82) is 0 Å². The largest absolute Gasteiger partial charge is 0.339 e. The van der Waals surface area contributed by atoms with E-state index in [0.717, 1.165) is 31.6 Å². The van der Waals surface area contributed by atoms with Crippen molar-refractivity contribution in [2.75, 3.05) is 18.4 Å². The zero-order chi connectivity index (χ0) is 17.8. The van der Waals surface area contributed by atoms with Crippen LogP contribution in [0.2, 0.25) is 0 Å². The van der Waals surface area contributed by atoms with Crippen molar-refractivity contribution >= 4 is 17.6 Å². The van der Waals surface area contributed by atoms with E-state index in [4.69, 9.17) is 0 Å². The molecule has 25 heavy (non-hydrogen) atoms. The van der Waals surface area contributed by atoms with Crippen LogP contribution < -0.4 is 5.32 Å². The first-order valence-electron chi connectivity index (χ1n) is 8.80. The van der Waals surface area contributed by atoms with Gasteiger partial charge in [-0.3, -0.25) is 14.7 Å². The molecule has 1 fully saturated rings. The first-order valence-corrected chi connectivity index (χ1v) is 8.80. The number of carbonyl (C=O) groups excluding carboxylic acids is 2. The number of piperidine rings is 1. The maximum absolute atomic E-state index is 12.6. The molecule has 1 aliphatic rings. The Labute approximate surface area is 147 Å². The van der Waals surface area contributed by atoms with Crippen LogP contribution >= 0.6 is 0 Å². The van der Waals surface area contributed by atoms with E-state index < -0.39 is 0 Å². The summed E-state index contributed by atoms with van der Waals surface area (Å²) >= 11 is 0. The van der Waals surface area contributed by atoms with E-state index in [-0.39, 0.29) is 11.8 Å². The molecule has 6 heteroatoms. The second-order valence-corrected chi connectivity index (χ2v) is 6.75. The Hall–Kier alpha value is -2.63. The molecule has 6 nitrogen and oxygen atoms in total. The van der Waals surface area contributed by atoms with Crippen LogP contribution in [0, 0.1) is 0 Å². The number of benzene rings is 1. The van der Waals surface area contributed by atoms with Crippen LogP contribution in [0.5, 0.6) is 0 Å². The number of nitrogens with zero attached hydrogens (tertiary/aromatic N) is 2. The number of aromatic amines is 1. The molecule has 2 amide bonds. The smallest absolute Gasteiger partial charge is 0.256 e. The highest BCUT2D eigenvalue weighted by molar-refractivity contribution is 6.05. The Morgan fingerprint density at radius 1 is 1.12 bits per heavy atom. The molecule has 0 spiro atoms. The molecule has 0 unspecified atom stereocenters. The fraction of sp³-hybridized carbons (Fsp3) is 0.421. The number of H-pyrrole nitrogens is 1. The summed E-state index contributed by atoms with van der Waals surface area (Å²) in [5, 5.41) is 9.78. The van der Waals surface area contributed by atoms with E-state index in [1.54, 1.807) is 24.3 Å². The van der Waals surface area contributed by atoms with E-state index in [1.165, 1.54) is 6.42 Å². The fourth-order valence-electron chi connectivity index (χ4n) is 2.96. The van der Waals surface area contributed by atoms with E-state index >= 15 is 0 Å². The summed E-state index contributed by atoms with van der Waals surface area (Å²) in [5.74, 6) is 0.524. The zero-order valence-electron chi connectivity index (χ0n) is 14.7. The SMILES string of the molecule is CC(C)c1cc(NC(=O)c2cccc(C(=O)N3CCCCC3)c2)n[nH]1. The van der Waals surface area contributed by atoms with E-state index in [9.17, 15) is 9.59 Å². The van der Waals surface area contributed by atoms with E-state index in [1.807, 2.05) is 11.0 Å². The van der Waals surface area contributed by atoms with Gasteiger partial charge in [-0.1, -0.05) is 19.9 Å². The quantitative estimate of drug-likeness (QED) is 0.895. The Morgan fingerprint density at radius 3 is 2.52 bits per heavy atom. The minimum atomic E-state index is -0.268. The molecule has 0 aliphatic carbocycles. The summed E-state index contributed by atoms with van der Waals surface area (Å²) in [6.07, 6.45) is 3.26. The van der Waals surface area contributed by atoms with Crippen molar-refractivity contribution in [3.05, 3.63) is 47.2 Å². The fourth-order valence-corrected chi connectivity index (χ4v) is 2.96. The highest BCUT2D eigenvalue weighted by atomic mass is 16.2. The zero-order valence-corrected chi connectivity index (χ0v) is 14.7. The van der Waals surface area contributed by atoms with E-state index in [0.29, 0.717) is 22.9 Å². The van der Waals surface area contributed by atoms with Crippen molar-refractivity contribution in [3.63, 3.8) is 0 Å². The summed E-state index contributed by atoms with van der Waals surface area (Å²) in [6, 6.07) is 8.70. The minimum Gasteiger partial charge on any atom is -0.339 e. The number of hydrogen-bond acceptors (Lipinski definition) is 3. The highest BCUT2D eigenvalue weighted by Gasteiger charge is 2.19. The first-order chi connectivity index (χ1) is 12.0. The molecule has 1 aromatic carbocycles. The number of aromatic nitrogens is 2. The van der Waals surface area contributed by atoms with Crippen molar-refractivity contribution in [2.24, 2.45) is 0 Å². The van der Waals surface area contributed by atoms with Crippen molar-refractivity contribution < 1.29 is 9.59 Å². The third-order valence-corrected chi connectivity index (χ3v) is 4.48. The van der Waals surface area contributed by atoms with Crippen LogP contribution in [0.4, 0.5) is 5.82 Å². The summed E-state index contributed by atoms with van der Waals surface area (Å²) in [5.41, 5.74) is 1.97. The van der Waals surface area contributed by atoms with Gasteiger partial charge in [0.1, 0.15) is 0 Å². The molecule has 2 aromatic rings. The Bertz CT molecular complexity index is 760. The van der Waals surface area contributed by atoms with Crippen LogP contribution in [0.25, 0.3) is 0 Å². The number of amides is 2. The average Bonchev–Trinajstić information content (AvgIpc) is 3.11. The molecule has 1 saturated heterocycles. The number of likely N-dealkylation sites (tertiary alicyclic amines) is 1. The minimum absolute atomic E-state index is 0.00351. The lowest BCUT2D eigenvalue weighted by Crippen LogP contribution is -2.35. The van der Waals surface area contributed by atoms with Gasteiger partial charge < -0.3 is 10.2 Å². The maximum atomic E-state index is 12.6. The molecule has 0 bridgehead atoms. The van der Waals surface area contributed by atoms with Gasteiger partial charge in [-0.25, -0.2) is 0 Å². The average molecular weight is 340 g/mol. The Kier molecular flexibility index (Phi) is 5.16. The second-order valence-electron chi connectivity index (χ2n) is 6.75. The number of anilines is 1. The Morgan fingerprint density at radius 2 is 1.84 bits per heavy atom. The lowest BCUT2D eigenvalue weighted by Gasteiger charge is -2.26. The van der Waals surface area contributed by atoms with Gasteiger partial charge in [0.15, 0.2) is 5.82 Å². The summed E-state index contributed by atoms with van der Waals surface area (Å²) < 4.78 is 0. The molecule has 0 saturated carbocycles. The van der Waals surface area contributed by atoms with Crippen LogP contribution in [0.1, 0.15) is 65.4 Å². The van der Waals surface area contributed by atoms with Crippen LogP contribution in [-0.2, 0) is 0 Å². The molecule has 2 heterocycles. The van der Waals surface area contributed by atoms with Gasteiger partial charge in [0, 0.05) is 36.0 Å². The number of nitrogens with one attached hydrogen (secondary N) is 2. The van der Waals surface area contributed by atoms with Gasteiger partial charge in [0.25, 0.3) is 11.8 Å². The van der Waals surface area contributed by atoms with E-state index in [2.05, 4.69) is 29.4 Å². The predicted octanol–water partition coefficient (Wildman–Crippen LogP) is 3.41. The normalized spacial score (nSPS) is 14.6. The molecule has 3 rings (SSSR count). The number of carbonyl (C=O) groups is 2. The van der Waals surface area contributed by atoms with Gasteiger partial charge in [-0.2, -0.15) is 5.10 Å². The maximum Gasteiger partial charge on any atom is 0.256 e. The topological polar surface area (TPSA) is 78.1 Å². The summed E-state index contributed by atoms with van der Waals surface area (Å²) in [7, 11) is 0. The molecule has 0 atom stereocenters. The molecule has 0 radical (unpaired) electrons. The molecule has 1 aromatic heterocycles. The van der Waals surface area contributed by atoms with Crippen molar-refractivity contribution in [1.82, 2.24) is 15.1 Å². The third-order valence-electron chi connectivity index (χ3n) is 4.48. The standard InChI is InChI=1S/C19H24N4O2/c1-13(2)16-12-17(22-21-16)20-18(24)14-7-6-8-15(11-14)19(25)23-9-4-3-5-10-23/h6-8,11-13H,3-5,9-10H2,1-2H3,(H2,20,21,22,24). The lowest BCUT2D eigenvalue weighted by atomic mass is 10.1. The molecular formula is C19H24N4O2. The van der Waals surface area contributed by atoms with Crippen LogP contribution in [-0.4, -0.2) is 40.0 Å². The molecule has 1 aliphatic heterocycles. The second kappa shape index (κ2) is 7.51. The predicted molar refractivity (Wildman–Crippen MR) is 96.8 cm³/mol. The first kappa shape index (κ1) is 17.2. The van der Waals surface area contributed by atoms with Crippen LogP contribution in [0.3, 0.4) is 0 Å². The number of rotatable bonds is 4. The van der Waals surface area contributed by atoms with Crippen molar-refractivity contribution in [3.8, 4) is 0 Å². The summed E-state index contributed by atoms with van der Waals surface area (Å²) in [6.45, 7) is 5.69. The van der Waals surface area contributed by atoms with Gasteiger partial charge >= 0.3 is 0 Å². The Balaban J connectivity index is 1.71. The van der Waals surface area contributed by atoms with Crippen molar-refractivity contribution in [2.45, 2.75) is 39.0 Å². The van der Waals surface area contributed by atoms with Gasteiger partial charge in [0.05, 0.1) is 0 Å². The van der Waals surface area contributed by atoms with Gasteiger partial charge in [0.2, 0.25) is 0 Å². The summed E-state index contributed by atoms with van der Waals surface area (Å²) in [4.78, 5) is 26.9.